The van der Waals surface area contributed by atoms with E-state index in [9.17, 15) is 9.90 Å². The minimum absolute atomic E-state index is 0.188. The second-order valence-electron chi connectivity index (χ2n) is 5.83. The predicted molar refractivity (Wildman–Crippen MR) is 60.8 cm³/mol. The lowest BCUT2D eigenvalue weighted by Gasteiger charge is -2.40. The average molecular weight is 213 g/mol. The van der Waals surface area contributed by atoms with E-state index in [1.54, 1.807) is 0 Å². The van der Waals surface area contributed by atoms with Crippen LogP contribution in [0.2, 0.25) is 0 Å². The van der Waals surface area contributed by atoms with Crippen LogP contribution in [0.3, 0.4) is 0 Å². The van der Waals surface area contributed by atoms with Crippen molar-refractivity contribution in [3.8, 4) is 0 Å². The third kappa shape index (κ3) is 3.20. The minimum atomic E-state index is -0.683. The highest BCUT2D eigenvalue weighted by atomic mass is 16.4. The molecule has 1 atom stereocenters. The summed E-state index contributed by atoms with van der Waals surface area (Å²) in [6.45, 7) is 10.1. The molecule has 3 nitrogen and oxygen atoms in total. The second kappa shape index (κ2) is 4.52. The smallest absolute Gasteiger partial charge is 0.321 e. The lowest BCUT2D eigenvalue weighted by atomic mass is 9.84. The van der Waals surface area contributed by atoms with Crippen molar-refractivity contribution in [3.63, 3.8) is 0 Å². The minimum Gasteiger partial charge on any atom is -0.480 e. The summed E-state index contributed by atoms with van der Waals surface area (Å²) < 4.78 is 0. The van der Waals surface area contributed by atoms with Gasteiger partial charge < -0.3 is 5.11 Å². The van der Waals surface area contributed by atoms with E-state index in [2.05, 4.69) is 11.8 Å². The first kappa shape index (κ1) is 12.5. The number of rotatable bonds is 2. The summed E-state index contributed by atoms with van der Waals surface area (Å²) in [4.78, 5) is 13.4. The number of nitrogens with zero attached hydrogens (tertiary/aromatic N) is 1. The maximum atomic E-state index is 11.3. The molecule has 0 aromatic rings. The molecule has 0 spiro atoms. The summed E-state index contributed by atoms with van der Waals surface area (Å²) in [7, 11) is 0. The number of hydrogen-bond donors (Lipinski definition) is 1. The number of likely N-dealkylation sites (tertiary alicyclic amines) is 1. The average Bonchev–Trinajstić information content (AvgIpc) is 2.05. The molecule has 0 aliphatic carbocycles. The lowest BCUT2D eigenvalue weighted by molar-refractivity contribution is -0.148. The van der Waals surface area contributed by atoms with Crippen molar-refractivity contribution >= 4 is 5.97 Å². The topological polar surface area (TPSA) is 40.5 Å². The van der Waals surface area contributed by atoms with E-state index in [0.29, 0.717) is 0 Å². The Kier molecular flexibility index (Phi) is 3.77. The molecule has 88 valence electrons. The van der Waals surface area contributed by atoms with E-state index in [4.69, 9.17) is 0 Å². The maximum absolute atomic E-state index is 11.3. The number of carbonyl (C=O) groups is 1. The molecule has 0 aromatic carbocycles. The summed E-state index contributed by atoms with van der Waals surface area (Å²) >= 11 is 0. The molecule has 1 aliphatic heterocycles. The van der Waals surface area contributed by atoms with Crippen LogP contribution in [0.4, 0.5) is 0 Å². The van der Waals surface area contributed by atoms with Crippen LogP contribution in [0, 0.1) is 11.3 Å². The molecule has 0 saturated carbocycles. The number of aliphatic carboxylic acids is 1. The van der Waals surface area contributed by atoms with Crippen molar-refractivity contribution in [2.45, 2.75) is 46.6 Å². The van der Waals surface area contributed by atoms with E-state index >= 15 is 0 Å². The van der Waals surface area contributed by atoms with Gasteiger partial charge in [0.25, 0.3) is 0 Å². The van der Waals surface area contributed by atoms with Gasteiger partial charge in [-0.2, -0.15) is 0 Å². The fourth-order valence-corrected chi connectivity index (χ4v) is 2.36. The van der Waals surface area contributed by atoms with Crippen LogP contribution in [0.25, 0.3) is 0 Å². The van der Waals surface area contributed by atoms with Crippen LogP contribution in [-0.2, 0) is 4.79 Å². The van der Waals surface area contributed by atoms with Crippen LogP contribution in [0.5, 0.6) is 0 Å². The third-order valence-corrected chi connectivity index (χ3v) is 3.24. The van der Waals surface area contributed by atoms with Crippen LogP contribution in [-0.4, -0.2) is 35.1 Å². The van der Waals surface area contributed by atoms with Gasteiger partial charge in [0.15, 0.2) is 0 Å². The summed E-state index contributed by atoms with van der Waals surface area (Å²) in [5, 5.41) is 9.29. The van der Waals surface area contributed by atoms with Crippen molar-refractivity contribution in [3.05, 3.63) is 0 Å². The maximum Gasteiger partial charge on any atom is 0.321 e. The van der Waals surface area contributed by atoms with Crippen LogP contribution in [0.15, 0.2) is 0 Å². The molecule has 1 rings (SSSR count). The van der Waals surface area contributed by atoms with Crippen molar-refractivity contribution < 1.29 is 9.90 Å². The molecule has 1 aliphatic rings. The molecule has 0 bridgehead atoms. The molecule has 1 N–H and O–H groups in total. The highest BCUT2D eigenvalue weighted by Crippen LogP contribution is 2.28. The monoisotopic (exact) mass is 213 g/mol. The fourth-order valence-electron chi connectivity index (χ4n) is 2.36. The lowest BCUT2D eigenvalue weighted by Crippen LogP contribution is -2.52. The van der Waals surface area contributed by atoms with Crippen molar-refractivity contribution in [2.24, 2.45) is 11.3 Å². The predicted octanol–water partition coefficient (Wildman–Crippen LogP) is 2.22. The van der Waals surface area contributed by atoms with E-state index in [1.807, 2.05) is 20.8 Å². The molecule has 0 amide bonds. The summed E-state index contributed by atoms with van der Waals surface area (Å²) in [5.41, 5.74) is -0.188. The van der Waals surface area contributed by atoms with Crippen molar-refractivity contribution in [1.82, 2.24) is 4.90 Å². The van der Waals surface area contributed by atoms with Gasteiger partial charge in [-0.15, -0.1) is 0 Å². The first-order valence-electron chi connectivity index (χ1n) is 5.79. The molecule has 15 heavy (non-hydrogen) atoms. The molecule has 1 unspecified atom stereocenters. The van der Waals surface area contributed by atoms with Gasteiger partial charge in [0.05, 0.1) is 0 Å². The van der Waals surface area contributed by atoms with Gasteiger partial charge in [-0.25, -0.2) is 0 Å². The Morgan fingerprint density at radius 2 is 1.80 bits per heavy atom. The molecule has 1 heterocycles. The Hall–Kier alpha value is -0.570. The first-order valence-corrected chi connectivity index (χ1v) is 5.79. The first-order chi connectivity index (χ1) is 6.82. The van der Waals surface area contributed by atoms with Crippen LogP contribution >= 0.6 is 0 Å². The molecule has 3 heteroatoms. The quantitative estimate of drug-likeness (QED) is 0.764. The molecule has 1 fully saturated rings. The Labute approximate surface area is 92.5 Å². The van der Waals surface area contributed by atoms with E-state index in [1.165, 1.54) is 0 Å². The SMILES string of the molecule is CC1CCN(C(C(=O)O)C(C)(C)C)CC1. The van der Waals surface area contributed by atoms with E-state index in [-0.39, 0.29) is 11.5 Å². The zero-order valence-electron chi connectivity index (χ0n) is 10.3. The molecular formula is C12H23NO2. The summed E-state index contributed by atoms with van der Waals surface area (Å²) in [5.74, 6) is 0.0627. The third-order valence-electron chi connectivity index (χ3n) is 3.24. The van der Waals surface area contributed by atoms with Gasteiger partial charge in [-0.3, -0.25) is 9.69 Å². The van der Waals surface area contributed by atoms with Crippen LogP contribution < -0.4 is 0 Å². The molecule has 0 aromatic heterocycles. The molecule has 1 saturated heterocycles. The summed E-state index contributed by atoms with van der Waals surface area (Å²) in [6, 6.07) is -0.343. The van der Waals surface area contributed by atoms with E-state index < -0.39 is 5.97 Å². The zero-order valence-corrected chi connectivity index (χ0v) is 10.3. The Balaban J connectivity index is 2.69. The fraction of sp³-hybridized carbons (Fsp3) is 0.917. The van der Waals surface area contributed by atoms with Gasteiger partial charge >= 0.3 is 5.97 Å². The largest absolute Gasteiger partial charge is 0.480 e. The van der Waals surface area contributed by atoms with Gasteiger partial charge in [-0.1, -0.05) is 27.7 Å². The zero-order chi connectivity index (χ0) is 11.6. The van der Waals surface area contributed by atoms with Gasteiger partial charge in [0.2, 0.25) is 0 Å². The molecule has 0 radical (unpaired) electrons. The van der Waals surface area contributed by atoms with Gasteiger partial charge in [0, 0.05) is 0 Å². The number of carboxylic acid groups (broad SMARTS) is 1. The highest BCUT2D eigenvalue weighted by molar-refractivity contribution is 5.74. The number of hydrogen-bond acceptors (Lipinski definition) is 2. The second-order valence-corrected chi connectivity index (χ2v) is 5.83. The van der Waals surface area contributed by atoms with Crippen LogP contribution in [0.1, 0.15) is 40.5 Å². The number of piperidine rings is 1. The Bertz CT molecular complexity index is 224. The van der Waals surface area contributed by atoms with Gasteiger partial charge in [0.1, 0.15) is 6.04 Å². The Morgan fingerprint density at radius 1 is 1.33 bits per heavy atom. The Morgan fingerprint density at radius 3 is 2.13 bits per heavy atom. The standard InChI is InChI=1S/C12H23NO2/c1-9-5-7-13(8-6-9)10(11(14)15)12(2,3)4/h9-10H,5-8H2,1-4H3,(H,14,15). The molecular weight excluding hydrogens is 190 g/mol. The van der Waals surface area contributed by atoms with Gasteiger partial charge in [-0.05, 0) is 37.3 Å². The number of carboxylic acids is 1. The summed E-state index contributed by atoms with van der Waals surface area (Å²) in [6.07, 6.45) is 2.25. The van der Waals surface area contributed by atoms with Crippen molar-refractivity contribution in [2.75, 3.05) is 13.1 Å². The van der Waals surface area contributed by atoms with Crippen molar-refractivity contribution in [1.29, 1.82) is 0 Å². The van der Waals surface area contributed by atoms with E-state index in [0.717, 1.165) is 31.8 Å². The normalized spacial score (nSPS) is 22.7. The highest BCUT2D eigenvalue weighted by Gasteiger charge is 2.37.